The fourth-order valence-corrected chi connectivity index (χ4v) is 5.58. The molecule has 0 aromatic heterocycles. The Morgan fingerprint density at radius 2 is 2.00 bits per heavy atom. The molecule has 4 atom stereocenters. The number of hydrogen-bond donors (Lipinski definition) is 1. The van der Waals surface area contributed by atoms with E-state index in [2.05, 4.69) is 0 Å². The van der Waals surface area contributed by atoms with E-state index in [1.807, 2.05) is 0 Å². The van der Waals surface area contributed by atoms with Gasteiger partial charge in [-0.1, -0.05) is 6.42 Å². The summed E-state index contributed by atoms with van der Waals surface area (Å²) in [6.45, 7) is 2.00. The molecule has 19 heavy (non-hydrogen) atoms. The van der Waals surface area contributed by atoms with Gasteiger partial charge in [-0.15, -0.1) is 0 Å². The van der Waals surface area contributed by atoms with Crippen LogP contribution in [-0.4, -0.2) is 50.3 Å². The van der Waals surface area contributed by atoms with Gasteiger partial charge >= 0.3 is 0 Å². The molecule has 1 aliphatic carbocycles. The number of rotatable bonds is 3. The summed E-state index contributed by atoms with van der Waals surface area (Å²) >= 11 is 0. The zero-order valence-electron chi connectivity index (χ0n) is 11.3. The van der Waals surface area contributed by atoms with Crippen LogP contribution < -0.4 is 5.73 Å². The first-order valence-electron chi connectivity index (χ1n) is 7.41. The van der Waals surface area contributed by atoms with E-state index in [1.165, 1.54) is 0 Å². The lowest BCUT2D eigenvalue weighted by Gasteiger charge is -2.29. The summed E-state index contributed by atoms with van der Waals surface area (Å²) in [5.74, 6) is 0.998. The predicted molar refractivity (Wildman–Crippen MR) is 73.1 cm³/mol. The third-order valence-electron chi connectivity index (χ3n) is 4.93. The Morgan fingerprint density at radius 3 is 2.68 bits per heavy atom. The van der Waals surface area contributed by atoms with E-state index in [0.29, 0.717) is 31.5 Å². The van der Waals surface area contributed by atoms with Crippen LogP contribution in [-0.2, 0) is 14.8 Å². The van der Waals surface area contributed by atoms with E-state index in [9.17, 15) is 8.42 Å². The molecule has 6 heteroatoms. The lowest BCUT2D eigenvalue weighted by molar-refractivity contribution is 0.126. The Morgan fingerprint density at radius 1 is 1.16 bits per heavy atom. The monoisotopic (exact) mass is 288 g/mol. The smallest absolute Gasteiger partial charge is 0.216 e. The van der Waals surface area contributed by atoms with Crippen LogP contribution in [0.25, 0.3) is 0 Å². The molecule has 2 heterocycles. The fourth-order valence-electron chi connectivity index (χ4n) is 3.82. The number of ether oxygens (including phenoxy) is 1. The van der Waals surface area contributed by atoms with Gasteiger partial charge in [0, 0.05) is 25.7 Å². The molecule has 0 radical (unpaired) electrons. The lowest BCUT2D eigenvalue weighted by atomic mass is 9.78. The van der Waals surface area contributed by atoms with Crippen molar-refractivity contribution in [1.82, 2.24) is 4.31 Å². The second kappa shape index (κ2) is 5.31. The van der Waals surface area contributed by atoms with Gasteiger partial charge in [-0.3, -0.25) is 0 Å². The van der Waals surface area contributed by atoms with Gasteiger partial charge in [0.25, 0.3) is 0 Å². The third-order valence-corrected chi connectivity index (χ3v) is 6.81. The predicted octanol–water partition coefficient (Wildman–Crippen LogP) is 0.554. The standard InChI is InChI=1S/C13H24N2O3S/c14-13-5-1-3-10-7-15(8-12(10)13)19(16,17)9-11-4-2-6-18-11/h10-13H,1-9,14H2. The molecule has 0 amide bonds. The average molecular weight is 288 g/mol. The molecule has 0 aromatic carbocycles. The highest BCUT2D eigenvalue weighted by atomic mass is 32.2. The molecule has 0 spiro atoms. The Labute approximate surface area is 115 Å². The normalized spacial score (nSPS) is 40.5. The van der Waals surface area contributed by atoms with Gasteiger partial charge in [0.1, 0.15) is 0 Å². The maximum atomic E-state index is 12.4. The van der Waals surface area contributed by atoms with Crippen molar-refractivity contribution in [2.24, 2.45) is 17.6 Å². The second-order valence-electron chi connectivity index (χ2n) is 6.25. The molecule has 5 nitrogen and oxygen atoms in total. The first-order chi connectivity index (χ1) is 9.06. The number of nitrogens with two attached hydrogens (primary N) is 1. The number of hydrogen-bond acceptors (Lipinski definition) is 4. The SMILES string of the molecule is NC1CCCC2CN(S(=O)(=O)CC3CCCO3)CC12. The molecule has 110 valence electrons. The van der Waals surface area contributed by atoms with Crippen LogP contribution in [0.4, 0.5) is 0 Å². The summed E-state index contributed by atoms with van der Waals surface area (Å²) in [6, 6.07) is 0.182. The van der Waals surface area contributed by atoms with Crippen molar-refractivity contribution < 1.29 is 13.2 Å². The Hall–Kier alpha value is -0.170. The summed E-state index contributed by atoms with van der Waals surface area (Å²) in [4.78, 5) is 0. The van der Waals surface area contributed by atoms with Crippen LogP contribution in [0.5, 0.6) is 0 Å². The van der Waals surface area contributed by atoms with E-state index in [1.54, 1.807) is 4.31 Å². The third kappa shape index (κ3) is 2.82. The maximum Gasteiger partial charge on any atom is 0.216 e. The molecule has 0 bridgehead atoms. The molecule has 3 rings (SSSR count). The van der Waals surface area contributed by atoms with Crippen molar-refractivity contribution in [2.75, 3.05) is 25.4 Å². The molecule has 2 aliphatic heterocycles. The molecule has 0 aromatic rings. The molecule has 2 saturated heterocycles. The van der Waals surface area contributed by atoms with Gasteiger partial charge in [-0.2, -0.15) is 0 Å². The summed E-state index contributed by atoms with van der Waals surface area (Å²) in [7, 11) is -3.17. The maximum absolute atomic E-state index is 12.4. The molecule has 3 fully saturated rings. The lowest BCUT2D eigenvalue weighted by Crippen LogP contribution is -2.39. The first kappa shape index (κ1) is 13.8. The van der Waals surface area contributed by atoms with Crippen LogP contribution in [0.2, 0.25) is 0 Å². The van der Waals surface area contributed by atoms with Crippen molar-refractivity contribution in [2.45, 2.75) is 44.2 Å². The minimum Gasteiger partial charge on any atom is -0.377 e. The molecule has 4 unspecified atom stereocenters. The minimum atomic E-state index is -3.17. The van der Waals surface area contributed by atoms with E-state index >= 15 is 0 Å². The van der Waals surface area contributed by atoms with E-state index in [-0.39, 0.29) is 17.9 Å². The topological polar surface area (TPSA) is 72.6 Å². The van der Waals surface area contributed by atoms with Gasteiger partial charge in [0.15, 0.2) is 0 Å². The summed E-state index contributed by atoms with van der Waals surface area (Å²) in [5, 5.41) is 0. The van der Waals surface area contributed by atoms with Crippen LogP contribution in [0.15, 0.2) is 0 Å². The zero-order valence-corrected chi connectivity index (χ0v) is 12.1. The number of nitrogens with zero attached hydrogens (tertiary/aromatic N) is 1. The van der Waals surface area contributed by atoms with Gasteiger partial charge in [-0.05, 0) is 37.5 Å². The van der Waals surface area contributed by atoms with Crippen LogP contribution in [0.1, 0.15) is 32.1 Å². The van der Waals surface area contributed by atoms with Crippen molar-refractivity contribution >= 4 is 10.0 Å². The van der Waals surface area contributed by atoms with Gasteiger partial charge in [0.05, 0.1) is 11.9 Å². The minimum absolute atomic E-state index is 0.0960. The van der Waals surface area contributed by atoms with E-state index < -0.39 is 10.0 Å². The molecular formula is C13H24N2O3S. The highest BCUT2D eigenvalue weighted by Gasteiger charge is 2.43. The summed E-state index contributed by atoms with van der Waals surface area (Å²) < 4.78 is 32.0. The highest BCUT2D eigenvalue weighted by molar-refractivity contribution is 7.89. The number of fused-ring (bicyclic) bond motifs is 1. The van der Waals surface area contributed by atoms with Gasteiger partial charge < -0.3 is 10.5 Å². The molecule has 2 N–H and O–H groups in total. The van der Waals surface area contributed by atoms with E-state index in [4.69, 9.17) is 10.5 Å². The zero-order chi connectivity index (χ0) is 13.5. The van der Waals surface area contributed by atoms with Crippen LogP contribution in [0, 0.1) is 11.8 Å². The Bertz CT molecular complexity index is 420. The largest absolute Gasteiger partial charge is 0.377 e. The highest BCUT2D eigenvalue weighted by Crippen LogP contribution is 2.37. The molecule has 3 aliphatic rings. The van der Waals surface area contributed by atoms with Crippen LogP contribution in [0.3, 0.4) is 0 Å². The van der Waals surface area contributed by atoms with Gasteiger partial charge in [0.2, 0.25) is 10.0 Å². The average Bonchev–Trinajstić information content (AvgIpc) is 2.97. The first-order valence-corrected chi connectivity index (χ1v) is 9.02. The van der Waals surface area contributed by atoms with Crippen molar-refractivity contribution in [3.63, 3.8) is 0 Å². The number of sulfonamides is 1. The van der Waals surface area contributed by atoms with Crippen LogP contribution >= 0.6 is 0 Å². The van der Waals surface area contributed by atoms with Crippen molar-refractivity contribution in [3.8, 4) is 0 Å². The second-order valence-corrected chi connectivity index (χ2v) is 8.26. The Kier molecular flexibility index (Phi) is 3.86. The van der Waals surface area contributed by atoms with E-state index in [0.717, 1.165) is 32.1 Å². The summed E-state index contributed by atoms with van der Waals surface area (Å²) in [5.41, 5.74) is 6.14. The molecule has 1 saturated carbocycles. The van der Waals surface area contributed by atoms with Gasteiger partial charge in [-0.25, -0.2) is 12.7 Å². The molecular weight excluding hydrogens is 264 g/mol. The van der Waals surface area contributed by atoms with Crippen molar-refractivity contribution in [3.05, 3.63) is 0 Å². The van der Waals surface area contributed by atoms with Crippen molar-refractivity contribution in [1.29, 1.82) is 0 Å². The Balaban J connectivity index is 1.65. The quantitative estimate of drug-likeness (QED) is 0.823. The summed E-state index contributed by atoms with van der Waals surface area (Å²) in [6.07, 6.45) is 5.07. The fraction of sp³-hybridized carbons (Fsp3) is 1.00.